The maximum Gasteiger partial charge on any atom is 0.264 e. The molecule has 3 aliphatic heterocycles. The van der Waals surface area contributed by atoms with E-state index < -0.39 is 0 Å². The summed E-state index contributed by atoms with van der Waals surface area (Å²) in [6, 6.07) is 43.3. The van der Waals surface area contributed by atoms with Crippen LogP contribution in [0, 0.1) is 0 Å². The van der Waals surface area contributed by atoms with Gasteiger partial charge in [0.25, 0.3) is 6.71 Å². The van der Waals surface area contributed by atoms with E-state index in [2.05, 4.69) is 249 Å². The van der Waals surface area contributed by atoms with Gasteiger partial charge in [-0.25, -0.2) is 0 Å². The summed E-state index contributed by atoms with van der Waals surface area (Å²) in [5, 5.41) is 1.36. The largest absolute Gasteiger partial charge is 0.334 e. The van der Waals surface area contributed by atoms with Gasteiger partial charge in [0.05, 0.1) is 11.2 Å². The fourth-order valence-electron chi connectivity index (χ4n) is 16.1. The van der Waals surface area contributed by atoms with Crippen molar-refractivity contribution in [1.82, 2.24) is 0 Å². The van der Waals surface area contributed by atoms with Gasteiger partial charge in [-0.1, -0.05) is 180 Å². The number of anilines is 8. The highest BCUT2D eigenvalue weighted by molar-refractivity contribution is 7.33. The molecule has 0 N–H and O–H groups in total. The Kier molecular flexibility index (Phi) is 11.2. The van der Waals surface area contributed by atoms with Gasteiger partial charge in [-0.05, 0) is 199 Å². The highest BCUT2D eigenvalue weighted by Gasteiger charge is 2.59. The third-order valence-electron chi connectivity index (χ3n) is 21.8. The number of hydrogen-bond acceptors (Lipinski definition) is 4. The molecule has 0 saturated heterocycles. The Bertz CT molecular complexity index is 3690. The van der Waals surface area contributed by atoms with Gasteiger partial charge in [0.1, 0.15) is 0 Å². The zero-order valence-electron chi connectivity index (χ0n) is 51.8. The molecule has 0 amide bonds. The summed E-state index contributed by atoms with van der Waals surface area (Å²) < 4.78 is 2.82. The molecule has 1 aromatic heterocycles. The third-order valence-corrected chi connectivity index (χ3v) is 23.0. The predicted molar refractivity (Wildman–Crippen MR) is 345 cm³/mol. The Morgan fingerprint density at radius 1 is 0.418 bits per heavy atom. The summed E-state index contributed by atoms with van der Waals surface area (Å²) in [6.07, 6.45) is 9.53. The van der Waals surface area contributed by atoms with Crippen molar-refractivity contribution in [3.63, 3.8) is 0 Å². The van der Waals surface area contributed by atoms with Crippen molar-refractivity contribution in [2.24, 2.45) is 0 Å². The van der Waals surface area contributed by atoms with E-state index in [1.807, 2.05) is 11.3 Å². The van der Waals surface area contributed by atoms with Crippen molar-refractivity contribution >= 4 is 89.3 Å². The third kappa shape index (κ3) is 7.68. The lowest BCUT2D eigenvalue weighted by Gasteiger charge is -2.51. The van der Waals surface area contributed by atoms with Crippen molar-refractivity contribution < 1.29 is 0 Å². The Morgan fingerprint density at radius 2 is 0.937 bits per heavy atom. The minimum atomic E-state index is -0.145. The molecular formula is C74H90BN3S. The summed E-state index contributed by atoms with van der Waals surface area (Å²) in [5.41, 5.74) is 25.2. The normalized spacial score (nSPS) is 23.1. The fraction of sp³-hybridized carbons (Fsp3) is 0.486. The second-order valence-corrected chi connectivity index (χ2v) is 33.0. The molecule has 7 aromatic rings. The van der Waals surface area contributed by atoms with Crippen LogP contribution in [0.1, 0.15) is 227 Å². The van der Waals surface area contributed by atoms with Crippen molar-refractivity contribution in [1.29, 1.82) is 0 Å². The minimum absolute atomic E-state index is 0.0127. The van der Waals surface area contributed by atoms with Crippen LogP contribution in [0.4, 0.5) is 45.5 Å². The number of fused-ring (bicyclic) bond motifs is 11. The van der Waals surface area contributed by atoms with E-state index in [1.165, 1.54) is 161 Å². The number of benzene rings is 6. The number of nitrogens with zero attached hydrogens (tertiary/aromatic N) is 3. The van der Waals surface area contributed by atoms with Crippen molar-refractivity contribution in [3.05, 3.63) is 148 Å². The number of thiophene rings is 1. The van der Waals surface area contributed by atoms with Crippen LogP contribution < -0.4 is 30.4 Å². The van der Waals surface area contributed by atoms with Gasteiger partial charge in [-0.2, -0.15) is 0 Å². The standard InChI is InChI=1S/C74H90BN3S/c1-66(2,3)45-22-26-48(27-23-45)77-61-42-50(78-58-30-24-47(68(7,8)9)39-56(58)73(18)32-20-21-33-74(73,78)19)41-60-63(61)75(65-64(77)51-38-46(67(4,5)6)25-31-62(51)79-65)57-43-54-55(72(16,17)37-36-71(54,14)15)44-59(57)76(60)49-28-29-52-53(40-49)70(12,13)35-34-69(52,10)11/h22-31,38-44H,20-21,32-37H2,1-19H3. The Labute approximate surface area is 480 Å². The lowest BCUT2D eigenvalue weighted by molar-refractivity contribution is 0.195. The zero-order chi connectivity index (χ0) is 56.3. The summed E-state index contributed by atoms with van der Waals surface area (Å²) in [5.74, 6) is 0. The smallest absolute Gasteiger partial charge is 0.264 e. The molecule has 6 aliphatic rings. The fourth-order valence-corrected chi connectivity index (χ4v) is 17.4. The highest BCUT2D eigenvalue weighted by atomic mass is 32.1. The van der Waals surface area contributed by atoms with Crippen LogP contribution in [0.15, 0.2) is 103 Å². The topological polar surface area (TPSA) is 9.72 Å². The maximum absolute atomic E-state index is 2.88. The summed E-state index contributed by atoms with van der Waals surface area (Å²) >= 11 is 2.05. The first-order valence-electron chi connectivity index (χ1n) is 30.5. The summed E-state index contributed by atoms with van der Waals surface area (Å²) in [7, 11) is 0. The van der Waals surface area contributed by atoms with Gasteiger partial charge in [-0.3, -0.25) is 0 Å². The Hall–Kier alpha value is -5.26. The monoisotopic (exact) mass is 1060 g/mol. The molecule has 0 bridgehead atoms. The molecule has 3 nitrogen and oxygen atoms in total. The quantitative estimate of drug-likeness (QED) is 0.163. The molecule has 4 heterocycles. The Morgan fingerprint density at radius 3 is 1.56 bits per heavy atom. The molecular weight excluding hydrogens is 974 g/mol. The molecule has 2 atom stereocenters. The first kappa shape index (κ1) is 53.1. The van der Waals surface area contributed by atoms with E-state index in [-0.39, 0.29) is 55.6 Å². The number of rotatable bonds is 3. The van der Waals surface area contributed by atoms with E-state index in [0.29, 0.717) is 0 Å². The van der Waals surface area contributed by atoms with Crippen LogP contribution in [0.25, 0.3) is 10.1 Å². The van der Waals surface area contributed by atoms with E-state index in [1.54, 1.807) is 0 Å². The molecule has 0 spiro atoms. The van der Waals surface area contributed by atoms with Crippen LogP contribution in [0.3, 0.4) is 0 Å². The second kappa shape index (κ2) is 16.7. The van der Waals surface area contributed by atoms with Crippen LogP contribution in [0.5, 0.6) is 0 Å². The lowest BCUT2D eigenvalue weighted by Crippen LogP contribution is -2.61. The van der Waals surface area contributed by atoms with Crippen LogP contribution in [0.2, 0.25) is 0 Å². The molecule has 410 valence electrons. The Balaban J connectivity index is 1.20. The molecule has 79 heavy (non-hydrogen) atoms. The van der Waals surface area contributed by atoms with Gasteiger partial charge < -0.3 is 14.7 Å². The van der Waals surface area contributed by atoms with Crippen molar-refractivity contribution in [2.45, 2.75) is 232 Å². The lowest BCUT2D eigenvalue weighted by atomic mass is 9.35. The molecule has 1 fully saturated rings. The molecule has 13 rings (SSSR count). The molecule has 1 saturated carbocycles. The van der Waals surface area contributed by atoms with Crippen molar-refractivity contribution in [3.8, 4) is 0 Å². The van der Waals surface area contributed by atoms with E-state index >= 15 is 0 Å². The average Bonchev–Trinajstić information content (AvgIpc) is 4.08. The number of hydrogen-bond donors (Lipinski definition) is 0. The van der Waals surface area contributed by atoms with Gasteiger partial charge >= 0.3 is 0 Å². The molecule has 3 aliphatic carbocycles. The SMILES string of the molecule is CC(C)(C)c1ccc(N2c3cc(N4c5ccc(C(C)(C)C)cc5C5(C)CCCCC45C)cc4c3B(c3cc5c(cc3N4c3ccc4c(c3)C(C)(C)CCC4(C)C)C(C)(C)CCC5(C)C)c3sc4ccc(C(C)(C)C)cc4c32)cc1. The van der Waals surface area contributed by atoms with Gasteiger partial charge in [0, 0.05) is 60.1 Å². The predicted octanol–water partition coefficient (Wildman–Crippen LogP) is 19.3. The molecule has 5 heteroatoms. The van der Waals surface area contributed by atoms with Crippen LogP contribution in [-0.2, 0) is 43.3 Å². The average molecular weight is 1060 g/mol. The van der Waals surface area contributed by atoms with Gasteiger partial charge in [-0.15, -0.1) is 11.3 Å². The van der Waals surface area contributed by atoms with Crippen LogP contribution >= 0.6 is 11.3 Å². The summed E-state index contributed by atoms with van der Waals surface area (Å²) in [4.78, 5) is 8.43. The molecule has 6 aromatic carbocycles. The zero-order valence-corrected chi connectivity index (χ0v) is 52.6. The van der Waals surface area contributed by atoms with Gasteiger partial charge in [0.15, 0.2) is 0 Å². The van der Waals surface area contributed by atoms with E-state index in [9.17, 15) is 0 Å². The first-order chi connectivity index (χ1) is 36.8. The maximum atomic E-state index is 2.88. The van der Waals surface area contributed by atoms with E-state index in [4.69, 9.17) is 0 Å². The summed E-state index contributed by atoms with van der Waals surface area (Å²) in [6.45, 7) is 46.7. The van der Waals surface area contributed by atoms with E-state index in [0.717, 1.165) is 6.42 Å². The molecule has 0 radical (unpaired) electrons. The van der Waals surface area contributed by atoms with Crippen molar-refractivity contribution in [2.75, 3.05) is 14.7 Å². The highest BCUT2D eigenvalue weighted by Crippen LogP contribution is 2.63. The minimum Gasteiger partial charge on any atom is -0.334 e. The van der Waals surface area contributed by atoms with Gasteiger partial charge in [0.2, 0.25) is 0 Å². The second-order valence-electron chi connectivity index (χ2n) is 31.9. The molecule has 2 unspecified atom stereocenters. The van der Waals surface area contributed by atoms with Crippen LogP contribution in [-0.4, -0.2) is 12.3 Å². The first-order valence-corrected chi connectivity index (χ1v) is 31.3.